The average Bonchev–Trinajstić information content (AvgIpc) is 2.89. The second-order valence-corrected chi connectivity index (χ2v) is 8.32. The van der Waals surface area contributed by atoms with Crippen molar-refractivity contribution in [2.75, 3.05) is 6.54 Å². The first kappa shape index (κ1) is 24.6. The highest BCUT2D eigenvalue weighted by atomic mass is 35.5. The Hall–Kier alpha value is -4.49. The molecule has 2 N–H and O–H groups in total. The molecule has 0 spiro atoms. The Morgan fingerprint density at radius 2 is 1.64 bits per heavy atom. The van der Waals surface area contributed by atoms with Gasteiger partial charge < -0.3 is 10.1 Å². The molecule has 0 fully saturated rings. The zero-order valence-electron chi connectivity index (χ0n) is 19.3. The van der Waals surface area contributed by atoms with E-state index >= 15 is 0 Å². The average molecular weight is 500 g/mol. The minimum Gasteiger partial charge on any atom is -0.422 e. The predicted octanol–water partition coefficient (Wildman–Crippen LogP) is 4.90. The lowest BCUT2D eigenvalue weighted by Crippen LogP contribution is -2.35. The monoisotopic (exact) mass is 499 g/mol. The highest BCUT2D eigenvalue weighted by Gasteiger charge is 2.14. The molecule has 0 saturated heterocycles. The molecule has 4 rings (SSSR count). The lowest BCUT2D eigenvalue weighted by atomic mass is 10.0. The van der Waals surface area contributed by atoms with Crippen molar-refractivity contribution in [3.63, 3.8) is 0 Å². The smallest absolute Gasteiger partial charge is 0.343 e. The molecule has 180 valence electrons. The Morgan fingerprint density at radius 3 is 2.42 bits per heavy atom. The van der Waals surface area contributed by atoms with Crippen LogP contribution in [0.15, 0.2) is 90.0 Å². The molecule has 0 heterocycles. The molecule has 0 aliphatic heterocycles. The number of hydrazone groups is 1. The quantitative estimate of drug-likeness (QED) is 0.163. The minimum atomic E-state index is -0.537. The third kappa shape index (κ3) is 5.95. The van der Waals surface area contributed by atoms with E-state index in [0.717, 1.165) is 16.3 Å². The van der Waals surface area contributed by atoms with Crippen molar-refractivity contribution in [1.29, 1.82) is 0 Å². The number of ether oxygens (including phenoxy) is 1. The maximum absolute atomic E-state index is 12.7. The van der Waals surface area contributed by atoms with Crippen LogP contribution in [0.4, 0.5) is 0 Å². The van der Waals surface area contributed by atoms with E-state index in [1.807, 2.05) is 49.4 Å². The number of benzene rings is 4. The molecule has 8 heteroatoms. The van der Waals surface area contributed by atoms with Crippen LogP contribution in [-0.2, 0) is 4.79 Å². The van der Waals surface area contributed by atoms with Gasteiger partial charge in [0.2, 0.25) is 0 Å². The van der Waals surface area contributed by atoms with Gasteiger partial charge in [0, 0.05) is 5.56 Å². The van der Waals surface area contributed by atoms with Crippen molar-refractivity contribution >= 4 is 46.4 Å². The molecular formula is C28H22ClN3O4. The number of aryl methyl sites for hydroxylation is 1. The van der Waals surface area contributed by atoms with E-state index in [-0.39, 0.29) is 17.1 Å². The Balaban J connectivity index is 1.47. The number of amides is 2. The van der Waals surface area contributed by atoms with Gasteiger partial charge in [-0.05, 0) is 48.0 Å². The molecule has 36 heavy (non-hydrogen) atoms. The summed E-state index contributed by atoms with van der Waals surface area (Å²) >= 11 is 6.01. The number of halogens is 1. The number of esters is 1. The number of carbonyl (C=O) groups is 3. The Bertz CT molecular complexity index is 1470. The first-order chi connectivity index (χ1) is 17.4. The number of nitrogens with one attached hydrogen (secondary N) is 2. The number of rotatable bonds is 7. The standard InChI is InChI=1S/C28H22ClN3O4/c1-18-10-12-20(13-11-18)28(35)36-25-15-14-19-6-2-3-7-21(19)23(25)16-31-32-26(33)17-30-27(34)22-8-4-5-9-24(22)29/h2-16H,17H2,1H3,(H,30,34)(H,32,33)/b31-16+. The summed E-state index contributed by atoms with van der Waals surface area (Å²) in [6.07, 6.45) is 1.41. The van der Waals surface area contributed by atoms with E-state index in [4.69, 9.17) is 16.3 Å². The van der Waals surface area contributed by atoms with E-state index in [9.17, 15) is 14.4 Å². The molecule has 7 nitrogen and oxygen atoms in total. The highest BCUT2D eigenvalue weighted by molar-refractivity contribution is 6.33. The summed E-state index contributed by atoms with van der Waals surface area (Å²) in [7, 11) is 0. The van der Waals surface area contributed by atoms with Crippen LogP contribution >= 0.6 is 11.6 Å². The van der Waals surface area contributed by atoms with Crippen LogP contribution in [0.1, 0.15) is 31.8 Å². The number of hydrogen-bond acceptors (Lipinski definition) is 5. The van der Waals surface area contributed by atoms with Gasteiger partial charge in [0.05, 0.1) is 28.9 Å². The molecule has 2 amide bonds. The number of nitrogens with zero attached hydrogens (tertiary/aromatic N) is 1. The van der Waals surface area contributed by atoms with E-state index in [0.29, 0.717) is 16.9 Å². The van der Waals surface area contributed by atoms with Crippen LogP contribution in [-0.4, -0.2) is 30.5 Å². The number of hydrogen-bond donors (Lipinski definition) is 2. The molecule has 0 bridgehead atoms. The third-order valence-electron chi connectivity index (χ3n) is 5.33. The second-order valence-electron chi connectivity index (χ2n) is 7.91. The fourth-order valence-corrected chi connectivity index (χ4v) is 3.68. The number of carbonyl (C=O) groups excluding carboxylic acids is 3. The van der Waals surface area contributed by atoms with Crippen LogP contribution in [0.25, 0.3) is 10.8 Å². The first-order valence-electron chi connectivity index (χ1n) is 11.1. The first-order valence-corrected chi connectivity index (χ1v) is 11.5. The van der Waals surface area contributed by atoms with Crippen molar-refractivity contribution in [2.24, 2.45) is 5.10 Å². The van der Waals surface area contributed by atoms with Gasteiger partial charge in [0.25, 0.3) is 11.8 Å². The van der Waals surface area contributed by atoms with Gasteiger partial charge in [0.15, 0.2) is 0 Å². The fourth-order valence-electron chi connectivity index (χ4n) is 3.46. The predicted molar refractivity (Wildman–Crippen MR) is 140 cm³/mol. The summed E-state index contributed by atoms with van der Waals surface area (Å²) in [4.78, 5) is 37.2. The van der Waals surface area contributed by atoms with Crippen molar-refractivity contribution in [3.8, 4) is 5.75 Å². The van der Waals surface area contributed by atoms with Gasteiger partial charge in [-0.15, -0.1) is 0 Å². The molecule has 4 aromatic carbocycles. The molecule has 4 aromatic rings. The molecule has 0 aliphatic carbocycles. The van der Waals surface area contributed by atoms with Crippen LogP contribution in [0.3, 0.4) is 0 Å². The van der Waals surface area contributed by atoms with Gasteiger partial charge >= 0.3 is 5.97 Å². The molecule has 0 aliphatic rings. The lowest BCUT2D eigenvalue weighted by Gasteiger charge is -2.11. The summed E-state index contributed by atoms with van der Waals surface area (Å²) in [5.41, 5.74) is 4.62. The van der Waals surface area contributed by atoms with Gasteiger partial charge in [-0.2, -0.15) is 5.10 Å². The zero-order chi connectivity index (χ0) is 25.5. The normalized spacial score (nSPS) is 10.8. The van der Waals surface area contributed by atoms with Gasteiger partial charge in [-0.25, -0.2) is 10.2 Å². The molecule has 0 unspecified atom stereocenters. The van der Waals surface area contributed by atoms with Crippen molar-refractivity contribution in [1.82, 2.24) is 10.7 Å². The molecule has 0 atom stereocenters. The van der Waals surface area contributed by atoms with Crippen molar-refractivity contribution in [2.45, 2.75) is 6.92 Å². The van der Waals surface area contributed by atoms with E-state index in [1.54, 1.807) is 42.5 Å². The highest BCUT2D eigenvalue weighted by Crippen LogP contribution is 2.27. The summed E-state index contributed by atoms with van der Waals surface area (Å²) < 4.78 is 5.66. The van der Waals surface area contributed by atoms with Gasteiger partial charge in [-0.1, -0.05) is 71.8 Å². The molecule has 0 saturated carbocycles. The summed E-state index contributed by atoms with van der Waals surface area (Å²) in [6, 6.07) is 24.7. The van der Waals surface area contributed by atoms with Crippen LogP contribution < -0.4 is 15.5 Å². The summed E-state index contributed by atoms with van der Waals surface area (Å²) in [5.74, 6) is -1.22. The maximum atomic E-state index is 12.7. The third-order valence-corrected chi connectivity index (χ3v) is 5.66. The largest absolute Gasteiger partial charge is 0.422 e. The molecule has 0 radical (unpaired) electrons. The topological polar surface area (TPSA) is 96.9 Å². The van der Waals surface area contributed by atoms with E-state index < -0.39 is 17.8 Å². The van der Waals surface area contributed by atoms with Crippen LogP contribution in [0, 0.1) is 6.92 Å². The van der Waals surface area contributed by atoms with Crippen LogP contribution in [0.2, 0.25) is 5.02 Å². The lowest BCUT2D eigenvalue weighted by molar-refractivity contribution is -0.120. The molecule has 0 aromatic heterocycles. The minimum absolute atomic E-state index is 0.270. The van der Waals surface area contributed by atoms with Gasteiger partial charge in [-0.3, -0.25) is 9.59 Å². The second kappa shape index (κ2) is 11.3. The number of fused-ring (bicyclic) bond motifs is 1. The Kier molecular flexibility index (Phi) is 7.72. The maximum Gasteiger partial charge on any atom is 0.343 e. The van der Waals surface area contributed by atoms with E-state index in [2.05, 4.69) is 15.8 Å². The fraction of sp³-hybridized carbons (Fsp3) is 0.0714. The van der Waals surface area contributed by atoms with E-state index in [1.165, 1.54) is 6.21 Å². The van der Waals surface area contributed by atoms with Crippen molar-refractivity contribution in [3.05, 3.63) is 112 Å². The van der Waals surface area contributed by atoms with Crippen molar-refractivity contribution < 1.29 is 19.1 Å². The SMILES string of the molecule is Cc1ccc(C(=O)Oc2ccc3ccccc3c2/C=N/NC(=O)CNC(=O)c2ccccc2Cl)cc1. The Morgan fingerprint density at radius 1 is 0.917 bits per heavy atom. The van der Waals surface area contributed by atoms with Crippen LogP contribution in [0.5, 0.6) is 5.75 Å². The summed E-state index contributed by atoms with van der Waals surface area (Å²) in [6.45, 7) is 1.63. The molecular weight excluding hydrogens is 478 g/mol. The summed E-state index contributed by atoms with van der Waals surface area (Å²) in [5, 5.41) is 8.51. The van der Waals surface area contributed by atoms with Gasteiger partial charge in [0.1, 0.15) is 5.75 Å². The Labute approximate surface area is 212 Å². The zero-order valence-corrected chi connectivity index (χ0v) is 20.1.